The van der Waals surface area contributed by atoms with E-state index in [2.05, 4.69) is 9.87 Å². The van der Waals surface area contributed by atoms with Gasteiger partial charge in [0.05, 0.1) is 12.3 Å². The Morgan fingerprint density at radius 1 is 1.50 bits per heavy atom. The highest BCUT2D eigenvalue weighted by Gasteiger charge is 1.96. The number of carbonyl (C=O) groups is 1. The molecular weight excluding hydrogens is 158 g/mol. The fourth-order valence-electron chi connectivity index (χ4n) is 0.801. The summed E-state index contributed by atoms with van der Waals surface area (Å²) < 4.78 is 0. The first-order chi connectivity index (χ1) is 5.86. The number of aromatic amines is 1. The number of aldehydes is 1. The predicted molar refractivity (Wildman–Crippen MR) is 42.6 cm³/mol. The zero-order chi connectivity index (χ0) is 8.81. The largest absolute Gasteiger partial charge is 0.354 e. The molecule has 12 heavy (non-hydrogen) atoms. The number of rotatable bonds is 5. The Labute approximate surface area is 70.4 Å². The molecule has 1 rings (SSSR count). The molecule has 0 aliphatic carbocycles. The van der Waals surface area contributed by atoms with Crippen molar-refractivity contribution in [2.75, 3.05) is 6.61 Å². The van der Waals surface area contributed by atoms with E-state index in [1.165, 1.54) is 0 Å². The average molecular weight is 169 g/mol. The van der Waals surface area contributed by atoms with Crippen molar-refractivity contribution in [2.45, 2.75) is 13.5 Å². The van der Waals surface area contributed by atoms with Crippen LogP contribution in [-0.4, -0.2) is 17.9 Å². The summed E-state index contributed by atoms with van der Waals surface area (Å²) in [4.78, 5) is 22.5. The van der Waals surface area contributed by atoms with E-state index in [0.29, 0.717) is 18.9 Å². The zero-order valence-electron chi connectivity index (χ0n) is 6.87. The highest BCUT2D eigenvalue weighted by Crippen LogP contribution is 2.01. The Hall–Kier alpha value is -1.13. The van der Waals surface area contributed by atoms with Crippen molar-refractivity contribution >= 4 is 6.29 Å². The minimum Gasteiger partial charge on any atom is -0.354 e. The maximum atomic E-state index is 10.2. The highest BCUT2D eigenvalue weighted by molar-refractivity contribution is 5.71. The lowest BCUT2D eigenvalue weighted by Gasteiger charge is -1.98. The standard InChI is InChI=1S/C8H11NO3/c1-2-11-12-6-8-4-3-7(5-10)9-8/h3-5,9H,2,6H2,1H3. The van der Waals surface area contributed by atoms with Crippen LogP contribution in [0.3, 0.4) is 0 Å². The summed E-state index contributed by atoms with van der Waals surface area (Å²) in [5.41, 5.74) is 1.37. The molecule has 1 aromatic rings. The molecular formula is C8H11NO3. The molecule has 0 radical (unpaired) electrons. The van der Waals surface area contributed by atoms with Gasteiger partial charge in [0.15, 0.2) is 6.29 Å². The van der Waals surface area contributed by atoms with E-state index in [4.69, 9.17) is 4.89 Å². The van der Waals surface area contributed by atoms with E-state index >= 15 is 0 Å². The summed E-state index contributed by atoms with van der Waals surface area (Å²) >= 11 is 0. The molecule has 0 aromatic carbocycles. The molecule has 0 unspecified atom stereocenters. The van der Waals surface area contributed by atoms with Crippen molar-refractivity contribution < 1.29 is 14.6 Å². The van der Waals surface area contributed by atoms with Crippen LogP contribution in [0.25, 0.3) is 0 Å². The summed E-state index contributed by atoms with van der Waals surface area (Å²) in [5.74, 6) is 0. The van der Waals surface area contributed by atoms with E-state index < -0.39 is 0 Å². The fourth-order valence-corrected chi connectivity index (χ4v) is 0.801. The van der Waals surface area contributed by atoms with Gasteiger partial charge >= 0.3 is 0 Å². The lowest BCUT2D eigenvalue weighted by atomic mass is 10.4. The molecule has 0 aliphatic rings. The van der Waals surface area contributed by atoms with Gasteiger partial charge in [-0.1, -0.05) is 0 Å². The lowest BCUT2D eigenvalue weighted by molar-refractivity contribution is -0.301. The molecule has 1 aromatic heterocycles. The van der Waals surface area contributed by atoms with Gasteiger partial charge in [-0.05, 0) is 19.1 Å². The third-order valence-electron chi connectivity index (χ3n) is 1.31. The molecule has 0 saturated carbocycles. The van der Waals surface area contributed by atoms with Gasteiger partial charge in [-0.3, -0.25) is 4.79 Å². The van der Waals surface area contributed by atoms with E-state index in [0.717, 1.165) is 12.0 Å². The van der Waals surface area contributed by atoms with Crippen LogP contribution in [0, 0.1) is 0 Å². The number of nitrogens with one attached hydrogen (secondary N) is 1. The average Bonchev–Trinajstić information content (AvgIpc) is 2.53. The van der Waals surface area contributed by atoms with Crippen molar-refractivity contribution in [2.24, 2.45) is 0 Å². The Balaban J connectivity index is 2.36. The molecule has 1 heterocycles. The third-order valence-corrected chi connectivity index (χ3v) is 1.31. The van der Waals surface area contributed by atoms with E-state index in [9.17, 15) is 4.79 Å². The maximum absolute atomic E-state index is 10.2. The van der Waals surface area contributed by atoms with Gasteiger partial charge < -0.3 is 4.98 Å². The molecule has 4 heteroatoms. The number of aromatic nitrogens is 1. The maximum Gasteiger partial charge on any atom is 0.166 e. The molecule has 0 amide bonds. The summed E-state index contributed by atoms with van der Waals surface area (Å²) in [7, 11) is 0. The van der Waals surface area contributed by atoms with Gasteiger partial charge in [-0.2, -0.15) is 0 Å². The summed E-state index contributed by atoms with van der Waals surface area (Å²) in [6.45, 7) is 2.69. The van der Waals surface area contributed by atoms with E-state index in [1.54, 1.807) is 12.1 Å². The predicted octanol–water partition coefficient (Wildman–Crippen LogP) is 1.30. The van der Waals surface area contributed by atoms with Crippen LogP contribution < -0.4 is 0 Å². The first-order valence-electron chi connectivity index (χ1n) is 3.74. The molecule has 1 N–H and O–H groups in total. The third kappa shape index (κ3) is 2.48. The summed E-state index contributed by atoms with van der Waals surface area (Å²) in [5, 5.41) is 0. The molecule has 66 valence electrons. The normalized spacial score (nSPS) is 10.1. The van der Waals surface area contributed by atoms with Crippen molar-refractivity contribution in [3.63, 3.8) is 0 Å². The molecule has 0 saturated heterocycles. The van der Waals surface area contributed by atoms with Crippen molar-refractivity contribution in [3.05, 3.63) is 23.5 Å². The van der Waals surface area contributed by atoms with Crippen molar-refractivity contribution in [1.29, 1.82) is 0 Å². The van der Waals surface area contributed by atoms with Gasteiger partial charge in [-0.15, -0.1) is 0 Å². The van der Waals surface area contributed by atoms with Gasteiger partial charge in [-0.25, -0.2) is 9.78 Å². The van der Waals surface area contributed by atoms with Gasteiger partial charge in [0.1, 0.15) is 6.61 Å². The second-order valence-electron chi connectivity index (χ2n) is 2.23. The minimum absolute atomic E-state index is 0.335. The number of hydrogen-bond acceptors (Lipinski definition) is 3. The SMILES string of the molecule is CCOOCc1ccc(C=O)[nH]1. The Kier molecular flexibility index (Phi) is 3.50. The van der Waals surface area contributed by atoms with E-state index in [-0.39, 0.29) is 0 Å². The monoisotopic (exact) mass is 169 g/mol. The molecule has 0 spiro atoms. The molecule has 0 fully saturated rings. The van der Waals surface area contributed by atoms with Crippen LogP contribution in [0.1, 0.15) is 23.1 Å². The Bertz CT molecular complexity index is 244. The number of carbonyl (C=O) groups excluding carboxylic acids is 1. The molecule has 0 atom stereocenters. The highest BCUT2D eigenvalue weighted by atomic mass is 17.2. The van der Waals surface area contributed by atoms with Crippen molar-refractivity contribution in [3.8, 4) is 0 Å². The Morgan fingerprint density at radius 2 is 2.33 bits per heavy atom. The second kappa shape index (κ2) is 4.69. The van der Waals surface area contributed by atoms with Crippen LogP contribution in [0.4, 0.5) is 0 Å². The van der Waals surface area contributed by atoms with E-state index in [1.807, 2.05) is 6.92 Å². The van der Waals surface area contributed by atoms with Gasteiger partial charge in [0, 0.05) is 5.69 Å². The second-order valence-corrected chi connectivity index (χ2v) is 2.23. The first-order valence-corrected chi connectivity index (χ1v) is 3.74. The first kappa shape index (κ1) is 8.96. The van der Waals surface area contributed by atoms with Gasteiger partial charge in [0.25, 0.3) is 0 Å². The van der Waals surface area contributed by atoms with Crippen LogP contribution in [0.2, 0.25) is 0 Å². The molecule has 0 aliphatic heterocycles. The zero-order valence-corrected chi connectivity index (χ0v) is 6.87. The van der Waals surface area contributed by atoms with Crippen LogP contribution in [0.5, 0.6) is 0 Å². The molecule has 4 nitrogen and oxygen atoms in total. The summed E-state index contributed by atoms with van der Waals surface area (Å²) in [6.07, 6.45) is 0.754. The topological polar surface area (TPSA) is 51.3 Å². The van der Waals surface area contributed by atoms with Crippen LogP contribution >= 0.6 is 0 Å². The number of H-pyrrole nitrogens is 1. The minimum atomic E-state index is 0.335. The quantitative estimate of drug-likeness (QED) is 0.313. The smallest absolute Gasteiger partial charge is 0.166 e. The lowest BCUT2D eigenvalue weighted by Crippen LogP contribution is -1.94. The van der Waals surface area contributed by atoms with Crippen molar-refractivity contribution in [1.82, 2.24) is 4.98 Å². The molecule has 0 bridgehead atoms. The van der Waals surface area contributed by atoms with Crippen LogP contribution in [0.15, 0.2) is 12.1 Å². The Morgan fingerprint density at radius 3 is 2.92 bits per heavy atom. The fraction of sp³-hybridized carbons (Fsp3) is 0.375. The van der Waals surface area contributed by atoms with Gasteiger partial charge in [0.2, 0.25) is 0 Å². The summed E-state index contributed by atoms with van der Waals surface area (Å²) in [6, 6.07) is 3.47. The number of hydrogen-bond donors (Lipinski definition) is 1. The van der Waals surface area contributed by atoms with Crippen LogP contribution in [-0.2, 0) is 16.4 Å².